The lowest BCUT2D eigenvalue weighted by molar-refractivity contribution is 0.262. The highest BCUT2D eigenvalue weighted by atomic mass is 19.1. The van der Waals surface area contributed by atoms with Crippen LogP contribution < -0.4 is 15.4 Å². The number of hydrogen-bond acceptors (Lipinski definition) is 4. The molecule has 138 valence electrons. The first-order valence-electron chi connectivity index (χ1n) is 8.03. The van der Waals surface area contributed by atoms with Crippen molar-refractivity contribution < 1.29 is 18.3 Å². The fraction of sp³-hybridized carbons (Fsp3) is 0.105. The van der Waals surface area contributed by atoms with Crippen LogP contribution in [0.15, 0.2) is 48.5 Å². The van der Waals surface area contributed by atoms with Crippen LogP contribution in [0.25, 0.3) is 0 Å². The predicted molar refractivity (Wildman–Crippen MR) is 97.0 cm³/mol. The van der Waals surface area contributed by atoms with Gasteiger partial charge in [0.05, 0.1) is 22.8 Å². The Balaban J connectivity index is 1.73. The van der Waals surface area contributed by atoms with Gasteiger partial charge in [-0.15, -0.1) is 0 Å². The summed E-state index contributed by atoms with van der Waals surface area (Å²) < 4.78 is 32.2. The molecule has 0 aliphatic heterocycles. The molecule has 0 aliphatic carbocycles. The van der Waals surface area contributed by atoms with Gasteiger partial charge in [0.2, 0.25) is 0 Å². The van der Waals surface area contributed by atoms with Gasteiger partial charge in [-0.25, -0.2) is 13.6 Å². The number of urea groups is 1. The van der Waals surface area contributed by atoms with Crippen molar-refractivity contribution in [3.63, 3.8) is 0 Å². The molecule has 27 heavy (non-hydrogen) atoms. The Kier molecular flexibility index (Phi) is 5.25. The van der Waals surface area contributed by atoms with E-state index in [1.54, 1.807) is 26.0 Å². The van der Waals surface area contributed by atoms with Gasteiger partial charge >= 0.3 is 12.0 Å². The molecule has 6 nitrogen and oxygen atoms in total. The molecule has 3 rings (SSSR count). The molecule has 0 atom stereocenters. The lowest BCUT2D eigenvalue weighted by atomic mass is 10.3. The molecule has 3 aromatic rings. The molecule has 0 spiro atoms. The van der Waals surface area contributed by atoms with Crippen LogP contribution in [0.1, 0.15) is 11.4 Å². The zero-order valence-electron chi connectivity index (χ0n) is 14.6. The third-order valence-corrected chi connectivity index (χ3v) is 3.62. The van der Waals surface area contributed by atoms with E-state index in [1.165, 1.54) is 0 Å². The van der Waals surface area contributed by atoms with Crippen LogP contribution in [0.4, 0.5) is 25.0 Å². The maximum absolute atomic E-state index is 13.6. The second kappa shape index (κ2) is 7.77. The SMILES string of the molecule is Cc1nc(Oc2ccccc2)nc(C)c1NC(=O)Nc1ccc(F)cc1F. The minimum Gasteiger partial charge on any atom is -0.424 e. The number of para-hydroxylation sites is 1. The van der Waals surface area contributed by atoms with Gasteiger partial charge in [0.25, 0.3) is 0 Å². The highest BCUT2D eigenvalue weighted by molar-refractivity contribution is 6.00. The number of nitrogens with zero attached hydrogens (tertiary/aromatic N) is 2. The topological polar surface area (TPSA) is 76.1 Å². The van der Waals surface area contributed by atoms with Gasteiger partial charge in [0.1, 0.15) is 17.4 Å². The van der Waals surface area contributed by atoms with Gasteiger partial charge in [-0.2, -0.15) is 9.97 Å². The summed E-state index contributed by atoms with van der Waals surface area (Å²) >= 11 is 0. The molecule has 2 N–H and O–H groups in total. The van der Waals surface area contributed by atoms with E-state index < -0.39 is 17.7 Å². The number of halogens is 2. The molecule has 0 aliphatic rings. The summed E-state index contributed by atoms with van der Waals surface area (Å²) in [5.74, 6) is -1.02. The number of carbonyl (C=O) groups is 1. The first-order chi connectivity index (χ1) is 12.9. The number of aryl methyl sites for hydroxylation is 2. The van der Waals surface area contributed by atoms with Crippen LogP contribution in [-0.4, -0.2) is 16.0 Å². The number of ether oxygens (including phenoxy) is 1. The number of aromatic nitrogens is 2. The normalized spacial score (nSPS) is 10.4. The Morgan fingerprint density at radius 3 is 2.26 bits per heavy atom. The predicted octanol–water partition coefficient (Wildman–Crippen LogP) is 4.81. The van der Waals surface area contributed by atoms with E-state index in [0.29, 0.717) is 28.9 Å². The Bertz CT molecular complexity index is 958. The quantitative estimate of drug-likeness (QED) is 0.691. The number of nitrogens with one attached hydrogen (secondary N) is 2. The third kappa shape index (κ3) is 4.55. The van der Waals surface area contributed by atoms with Crippen LogP contribution in [0, 0.1) is 25.5 Å². The zero-order valence-corrected chi connectivity index (χ0v) is 14.6. The number of benzene rings is 2. The van der Waals surface area contributed by atoms with E-state index >= 15 is 0 Å². The van der Waals surface area contributed by atoms with E-state index in [-0.39, 0.29) is 11.7 Å². The van der Waals surface area contributed by atoms with Crippen molar-refractivity contribution in [3.8, 4) is 11.8 Å². The zero-order chi connectivity index (χ0) is 19.4. The highest BCUT2D eigenvalue weighted by Gasteiger charge is 2.14. The number of amides is 2. The number of carbonyl (C=O) groups excluding carboxylic acids is 1. The second-order valence-corrected chi connectivity index (χ2v) is 5.67. The molecule has 8 heteroatoms. The van der Waals surface area contributed by atoms with Crippen molar-refractivity contribution in [1.82, 2.24) is 9.97 Å². The van der Waals surface area contributed by atoms with E-state index in [4.69, 9.17) is 4.74 Å². The van der Waals surface area contributed by atoms with Gasteiger partial charge in [-0.3, -0.25) is 0 Å². The molecule has 2 amide bonds. The summed E-state index contributed by atoms with van der Waals surface area (Å²) in [6.07, 6.45) is 0. The molecule has 1 aromatic heterocycles. The molecular weight excluding hydrogens is 354 g/mol. The van der Waals surface area contributed by atoms with Crippen LogP contribution >= 0.6 is 0 Å². The Labute approximate surface area is 154 Å². The summed E-state index contributed by atoms with van der Waals surface area (Å²) in [4.78, 5) is 20.6. The molecule has 0 radical (unpaired) electrons. The fourth-order valence-corrected chi connectivity index (χ4v) is 2.36. The van der Waals surface area contributed by atoms with Crippen molar-refractivity contribution in [2.24, 2.45) is 0 Å². The van der Waals surface area contributed by atoms with Crippen molar-refractivity contribution in [3.05, 3.63) is 71.6 Å². The summed E-state index contributed by atoms with van der Waals surface area (Å²) in [6.45, 7) is 3.36. The molecule has 0 unspecified atom stereocenters. The van der Waals surface area contributed by atoms with Gasteiger partial charge in [-0.05, 0) is 38.1 Å². The van der Waals surface area contributed by atoms with Crippen molar-refractivity contribution in [2.75, 3.05) is 10.6 Å². The molecule has 0 bridgehead atoms. The van der Waals surface area contributed by atoms with Gasteiger partial charge in [-0.1, -0.05) is 18.2 Å². The fourth-order valence-electron chi connectivity index (χ4n) is 2.36. The molecule has 2 aromatic carbocycles. The lowest BCUT2D eigenvalue weighted by Crippen LogP contribution is -2.22. The first-order valence-corrected chi connectivity index (χ1v) is 8.03. The molecule has 0 fully saturated rings. The van der Waals surface area contributed by atoms with E-state index in [2.05, 4.69) is 20.6 Å². The molecule has 0 saturated heterocycles. The average Bonchev–Trinajstić information content (AvgIpc) is 2.61. The van der Waals surface area contributed by atoms with Gasteiger partial charge < -0.3 is 15.4 Å². The second-order valence-electron chi connectivity index (χ2n) is 5.67. The number of rotatable bonds is 4. The summed E-state index contributed by atoms with van der Waals surface area (Å²) in [7, 11) is 0. The minimum atomic E-state index is -0.874. The molecular formula is C19H16F2N4O2. The maximum Gasteiger partial charge on any atom is 0.323 e. The monoisotopic (exact) mass is 370 g/mol. The summed E-state index contributed by atoms with van der Waals surface area (Å²) in [5.41, 5.74) is 1.18. The summed E-state index contributed by atoms with van der Waals surface area (Å²) in [6, 6.07) is 11.4. The third-order valence-electron chi connectivity index (χ3n) is 3.62. The van der Waals surface area contributed by atoms with E-state index in [0.717, 1.165) is 12.1 Å². The largest absolute Gasteiger partial charge is 0.424 e. The van der Waals surface area contributed by atoms with Crippen molar-refractivity contribution >= 4 is 17.4 Å². The van der Waals surface area contributed by atoms with Crippen LogP contribution in [-0.2, 0) is 0 Å². The molecule has 0 saturated carbocycles. The van der Waals surface area contributed by atoms with Crippen molar-refractivity contribution in [2.45, 2.75) is 13.8 Å². The summed E-state index contributed by atoms with van der Waals surface area (Å²) in [5, 5.41) is 4.89. The first kappa shape index (κ1) is 18.2. The van der Waals surface area contributed by atoms with Gasteiger partial charge in [0.15, 0.2) is 0 Å². The van der Waals surface area contributed by atoms with Crippen LogP contribution in [0.3, 0.4) is 0 Å². The number of anilines is 2. The van der Waals surface area contributed by atoms with E-state index in [9.17, 15) is 13.6 Å². The lowest BCUT2D eigenvalue weighted by Gasteiger charge is -2.13. The standard InChI is InChI=1S/C19H16F2N4O2/c1-11-17(25-18(26)24-16-9-8-13(20)10-15(16)21)12(2)23-19(22-11)27-14-6-4-3-5-7-14/h3-10H,1-2H3,(H2,24,25,26). The highest BCUT2D eigenvalue weighted by Crippen LogP contribution is 2.23. The Hall–Kier alpha value is -3.55. The van der Waals surface area contributed by atoms with Crippen LogP contribution in [0.5, 0.6) is 11.8 Å². The number of hydrogen-bond donors (Lipinski definition) is 2. The molecule has 1 heterocycles. The smallest absolute Gasteiger partial charge is 0.323 e. The van der Waals surface area contributed by atoms with Gasteiger partial charge in [0, 0.05) is 6.07 Å². The Morgan fingerprint density at radius 2 is 1.63 bits per heavy atom. The van der Waals surface area contributed by atoms with E-state index in [1.807, 2.05) is 18.2 Å². The van der Waals surface area contributed by atoms with Crippen LogP contribution in [0.2, 0.25) is 0 Å². The minimum absolute atomic E-state index is 0.144. The Morgan fingerprint density at radius 1 is 0.963 bits per heavy atom. The average molecular weight is 370 g/mol. The maximum atomic E-state index is 13.6. The van der Waals surface area contributed by atoms with Crippen molar-refractivity contribution in [1.29, 1.82) is 0 Å².